The second-order valence-electron chi connectivity index (χ2n) is 12.7. The maximum absolute atomic E-state index is 12.4. The lowest BCUT2D eigenvalue weighted by molar-refractivity contribution is -0.0893. The van der Waals surface area contributed by atoms with Gasteiger partial charge in [0.2, 0.25) is 5.95 Å². The molecule has 4 heterocycles. The van der Waals surface area contributed by atoms with Gasteiger partial charge in [0.15, 0.2) is 5.82 Å². The van der Waals surface area contributed by atoms with Gasteiger partial charge in [-0.3, -0.25) is 0 Å². The van der Waals surface area contributed by atoms with Crippen molar-refractivity contribution in [2.75, 3.05) is 35.9 Å². The second kappa shape index (κ2) is 11.5. The molecule has 2 aromatic heterocycles. The van der Waals surface area contributed by atoms with E-state index in [-0.39, 0.29) is 17.1 Å². The summed E-state index contributed by atoms with van der Waals surface area (Å²) >= 11 is 0. The van der Waals surface area contributed by atoms with Crippen LogP contribution in [0.15, 0.2) is 47.0 Å². The van der Waals surface area contributed by atoms with Crippen molar-refractivity contribution in [3.8, 4) is 0 Å². The van der Waals surface area contributed by atoms with Crippen LogP contribution in [0, 0.1) is 6.92 Å². The highest BCUT2D eigenvalue weighted by Crippen LogP contribution is 2.53. The number of pyridine rings is 1. The van der Waals surface area contributed by atoms with Gasteiger partial charge in [-0.05, 0) is 82.0 Å². The topological polar surface area (TPSA) is 105 Å². The Hall–Kier alpha value is -3.08. The summed E-state index contributed by atoms with van der Waals surface area (Å²) < 4.78 is 23.2. The summed E-state index contributed by atoms with van der Waals surface area (Å²) in [6.07, 6.45) is 8.10. The molecule has 0 amide bonds. The van der Waals surface area contributed by atoms with Crippen molar-refractivity contribution in [3.63, 3.8) is 0 Å². The smallest absolute Gasteiger partial charge is 0.229 e. The zero-order chi connectivity index (χ0) is 30.3. The van der Waals surface area contributed by atoms with Gasteiger partial charge in [0, 0.05) is 51.1 Å². The molecule has 1 saturated heterocycles. The minimum absolute atomic E-state index is 0.0549. The van der Waals surface area contributed by atoms with E-state index in [1.54, 1.807) is 18.6 Å². The lowest BCUT2D eigenvalue weighted by atomic mass is 9.73. The number of hydrogen-bond donors (Lipinski definition) is 2. The van der Waals surface area contributed by atoms with Crippen molar-refractivity contribution in [3.05, 3.63) is 59.3 Å². The number of nitrogens with zero attached hydrogens (tertiary/aromatic N) is 5. The molecule has 9 nitrogen and oxygen atoms in total. The van der Waals surface area contributed by atoms with Crippen LogP contribution in [0.4, 0.5) is 29.1 Å². The summed E-state index contributed by atoms with van der Waals surface area (Å²) in [6, 6.07) is 12.5. The van der Waals surface area contributed by atoms with Crippen LogP contribution in [0.5, 0.6) is 0 Å². The zero-order valence-electron chi connectivity index (χ0n) is 26.2. The van der Waals surface area contributed by atoms with Crippen molar-refractivity contribution in [1.82, 2.24) is 20.3 Å². The number of anilines is 4. The van der Waals surface area contributed by atoms with Crippen molar-refractivity contribution < 1.29 is 8.95 Å². The molecule has 1 aromatic carbocycles. The average Bonchev–Trinajstić information content (AvgIpc) is 3.16. The van der Waals surface area contributed by atoms with Crippen LogP contribution in [0.1, 0.15) is 76.6 Å². The number of rotatable bonds is 9. The number of benzene rings is 1. The van der Waals surface area contributed by atoms with Gasteiger partial charge in [0.25, 0.3) is 0 Å². The van der Waals surface area contributed by atoms with Crippen LogP contribution in [-0.2, 0) is 19.9 Å². The summed E-state index contributed by atoms with van der Waals surface area (Å²) in [6.45, 7) is 14.6. The first-order valence-corrected chi connectivity index (χ1v) is 17.2. The first kappa shape index (κ1) is 30.4. The van der Waals surface area contributed by atoms with E-state index in [4.69, 9.17) is 19.7 Å². The monoisotopic (exact) mass is 591 g/mol. The van der Waals surface area contributed by atoms with E-state index >= 15 is 0 Å². The Morgan fingerprint density at radius 3 is 2.64 bits per heavy atom. The van der Waals surface area contributed by atoms with Crippen LogP contribution >= 0.6 is 0 Å². The summed E-state index contributed by atoms with van der Waals surface area (Å²) in [5.74, 6) is 2.51. The summed E-state index contributed by atoms with van der Waals surface area (Å²) in [5, 5.41) is 7.10. The quantitative estimate of drug-likeness (QED) is 0.283. The summed E-state index contributed by atoms with van der Waals surface area (Å²) in [5.41, 5.74) is 3.90. The van der Waals surface area contributed by atoms with Crippen LogP contribution < -0.4 is 15.5 Å². The van der Waals surface area contributed by atoms with Crippen molar-refractivity contribution in [2.45, 2.75) is 83.9 Å². The molecule has 0 radical (unpaired) electrons. The molecule has 42 heavy (non-hydrogen) atoms. The molecule has 3 aromatic rings. The Bertz CT molecular complexity index is 1570. The first-order valence-electron chi connectivity index (χ1n) is 14.9. The zero-order valence-corrected chi connectivity index (χ0v) is 27.0. The second-order valence-corrected chi connectivity index (χ2v) is 15.3. The molecule has 2 aliphatic rings. The van der Waals surface area contributed by atoms with E-state index in [1.165, 1.54) is 11.1 Å². The van der Waals surface area contributed by atoms with Crippen LogP contribution in [-0.4, -0.2) is 56.5 Å². The van der Waals surface area contributed by atoms with E-state index in [0.717, 1.165) is 48.7 Å². The predicted molar refractivity (Wildman–Crippen MR) is 172 cm³/mol. The van der Waals surface area contributed by atoms with E-state index in [2.05, 4.69) is 79.6 Å². The first-order chi connectivity index (χ1) is 19.8. The molecule has 1 fully saturated rings. The predicted octanol–water partition coefficient (Wildman–Crippen LogP) is 6.71. The van der Waals surface area contributed by atoms with Gasteiger partial charge in [-0.15, -0.1) is 0 Å². The third-order valence-electron chi connectivity index (χ3n) is 8.34. The molecule has 5 rings (SSSR count). The number of ether oxygens (including phenoxy) is 1. The molecule has 2 aliphatic heterocycles. The molecule has 0 saturated carbocycles. The van der Waals surface area contributed by atoms with Crippen molar-refractivity contribution in [1.29, 1.82) is 0 Å². The highest BCUT2D eigenvalue weighted by molar-refractivity contribution is 7.92. The molecular formula is C32H45N7O2S. The molecular weight excluding hydrogens is 546 g/mol. The highest BCUT2D eigenvalue weighted by atomic mass is 32.2. The summed E-state index contributed by atoms with van der Waals surface area (Å²) in [7, 11) is -2.36. The molecule has 0 spiro atoms. The van der Waals surface area contributed by atoms with Gasteiger partial charge in [-0.1, -0.05) is 32.9 Å². The van der Waals surface area contributed by atoms with Gasteiger partial charge in [-0.25, -0.2) is 14.2 Å². The molecule has 3 atom stereocenters. The van der Waals surface area contributed by atoms with E-state index in [0.29, 0.717) is 24.4 Å². The fraction of sp³-hybridized carbons (Fsp3) is 0.531. The number of fused-ring (bicyclic) bond motifs is 3. The molecule has 2 N–H and O–H groups in total. The number of aryl methyl sites for hydroxylation is 1. The molecule has 2 unspecified atom stereocenters. The van der Waals surface area contributed by atoms with Crippen LogP contribution in [0.25, 0.3) is 0 Å². The molecule has 0 aliphatic carbocycles. The molecule has 0 bridgehead atoms. The maximum Gasteiger partial charge on any atom is 0.229 e. The third kappa shape index (κ3) is 6.16. The van der Waals surface area contributed by atoms with E-state index in [1.807, 2.05) is 18.3 Å². The van der Waals surface area contributed by atoms with Crippen LogP contribution in [0.2, 0.25) is 0 Å². The van der Waals surface area contributed by atoms with Gasteiger partial charge in [0.1, 0.15) is 11.6 Å². The van der Waals surface area contributed by atoms with Gasteiger partial charge in [-0.2, -0.15) is 9.35 Å². The lowest BCUT2D eigenvalue weighted by Gasteiger charge is -2.46. The van der Waals surface area contributed by atoms with Gasteiger partial charge in [0.05, 0.1) is 18.2 Å². The van der Waals surface area contributed by atoms with Gasteiger partial charge >= 0.3 is 0 Å². The Morgan fingerprint density at radius 2 is 1.95 bits per heavy atom. The average molecular weight is 592 g/mol. The van der Waals surface area contributed by atoms with E-state index in [9.17, 15) is 4.21 Å². The highest BCUT2D eigenvalue weighted by Gasteiger charge is 2.55. The van der Waals surface area contributed by atoms with E-state index < -0.39 is 9.73 Å². The van der Waals surface area contributed by atoms with Crippen molar-refractivity contribution >= 4 is 38.8 Å². The van der Waals surface area contributed by atoms with Crippen molar-refractivity contribution in [2.24, 2.45) is 4.36 Å². The Balaban J connectivity index is 1.53. The number of hydrogen-bond acceptors (Lipinski definition) is 9. The van der Waals surface area contributed by atoms with Gasteiger partial charge < -0.3 is 20.3 Å². The minimum atomic E-state index is -2.36. The normalized spacial score (nSPS) is 21.9. The number of nitrogens with one attached hydrogen (secondary N) is 2. The number of aromatic nitrogens is 3. The molecule has 10 heteroatoms. The Morgan fingerprint density at radius 1 is 1.17 bits per heavy atom. The fourth-order valence-corrected chi connectivity index (χ4v) is 6.70. The Labute approximate surface area is 251 Å². The minimum Gasteiger partial charge on any atom is -0.374 e. The van der Waals surface area contributed by atoms with Crippen LogP contribution in [0.3, 0.4) is 0 Å². The third-order valence-corrected chi connectivity index (χ3v) is 8.96. The lowest BCUT2D eigenvalue weighted by Crippen LogP contribution is -2.54. The largest absolute Gasteiger partial charge is 0.374 e. The Kier molecular flexibility index (Phi) is 8.35. The SMILES string of the molecule is CCCN[C@H](CC)c1ccc(Nc2ncc3c(n2)N(c2cccc(N=S(C)(C)=O)n2)C2CC(C)(C)OCC32C)cc1C. The standard InChI is InChI=1S/C32H45N7O2S/c1-9-16-33-25(10-2)23-15-14-22(17-21(23)3)35-30-34-19-24-29(37-30)39(26-18-31(4,5)41-20-32(24,26)6)28-13-11-12-27(36-28)38-42(7,8)40/h11-15,17,19,25-26,33H,9-10,16,18,20H2,1-8H3,(H,34,35,37)/t25-,26?,32?/m1/s1. The fourth-order valence-electron chi connectivity index (χ4n) is 6.15. The molecule has 226 valence electrons. The summed E-state index contributed by atoms with van der Waals surface area (Å²) in [4.78, 5) is 16.9. The maximum atomic E-state index is 12.4.